The second-order valence-electron chi connectivity index (χ2n) is 6.43. The van der Waals surface area contributed by atoms with Crippen LogP contribution in [0.4, 0.5) is 5.13 Å². The van der Waals surface area contributed by atoms with Gasteiger partial charge in [0.05, 0.1) is 5.69 Å². The minimum absolute atomic E-state index is 0.504. The fourth-order valence-corrected chi connectivity index (χ4v) is 3.56. The van der Waals surface area contributed by atoms with Crippen LogP contribution >= 0.6 is 11.3 Å². The van der Waals surface area contributed by atoms with Crippen LogP contribution in [0.25, 0.3) is 0 Å². The molecule has 0 aliphatic heterocycles. The summed E-state index contributed by atoms with van der Waals surface area (Å²) in [5, 5.41) is 4.73. The third-order valence-electron chi connectivity index (χ3n) is 3.40. The van der Waals surface area contributed by atoms with Crippen LogP contribution in [0.15, 0.2) is 0 Å². The average molecular weight is 312 g/mol. The van der Waals surface area contributed by atoms with Crippen LogP contribution in [-0.2, 0) is 13.0 Å². The van der Waals surface area contributed by atoms with Crippen molar-refractivity contribution in [2.24, 2.45) is 5.92 Å². The third kappa shape index (κ3) is 5.95. The Morgan fingerprint density at radius 3 is 2.38 bits per heavy atom. The van der Waals surface area contributed by atoms with Gasteiger partial charge in [0.15, 0.2) is 5.13 Å². The summed E-state index contributed by atoms with van der Waals surface area (Å²) in [6.45, 7) is 16.7. The van der Waals surface area contributed by atoms with Gasteiger partial charge in [-0.3, -0.25) is 0 Å². The van der Waals surface area contributed by atoms with Gasteiger partial charge >= 0.3 is 0 Å². The summed E-state index contributed by atoms with van der Waals surface area (Å²) in [5.74, 6) is 0.660. The quantitative estimate of drug-likeness (QED) is 0.646. The predicted octanol–water partition coefficient (Wildman–Crippen LogP) is 4.47. The van der Waals surface area contributed by atoms with Crippen molar-refractivity contribution < 1.29 is 0 Å². The maximum absolute atomic E-state index is 4.96. The van der Waals surface area contributed by atoms with Crippen LogP contribution < -0.4 is 10.2 Å². The number of thiazole rings is 1. The van der Waals surface area contributed by atoms with Gasteiger partial charge in [-0.2, -0.15) is 0 Å². The van der Waals surface area contributed by atoms with Gasteiger partial charge in [0.2, 0.25) is 0 Å². The third-order valence-corrected chi connectivity index (χ3v) is 4.53. The van der Waals surface area contributed by atoms with Gasteiger partial charge in [-0.1, -0.05) is 34.1 Å². The highest BCUT2D eigenvalue weighted by atomic mass is 32.1. The highest BCUT2D eigenvalue weighted by Crippen LogP contribution is 2.29. The summed E-state index contributed by atoms with van der Waals surface area (Å²) >= 11 is 1.88. The van der Waals surface area contributed by atoms with E-state index in [1.54, 1.807) is 0 Å². The van der Waals surface area contributed by atoms with E-state index in [0.717, 1.165) is 32.5 Å². The molecule has 4 heteroatoms. The Bertz CT molecular complexity index is 399. The number of aromatic nitrogens is 1. The van der Waals surface area contributed by atoms with Crippen LogP contribution in [0.1, 0.15) is 65.0 Å². The van der Waals surface area contributed by atoms with Gasteiger partial charge in [-0.15, -0.1) is 11.3 Å². The number of rotatable bonds is 10. The largest absolute Gasteiger partial charge is 0.345 e. The first-order valence-corrected chi connectivity index (χ1v) is 9.27. The minimum Gasteiger partial charge on any atom is -0.345 e. The summed E-state index contributed by atoms with van der Waals surface area (Å²) in [6.07, 6.45) is 3.43. The fraction of sp³-hybridized carbons (Fsp3) is 0.824. The summed E-state index contributed by atoms with van der Waals surface area (Å²) in [5.41, 5.74) is 1.30. The Labute approximate surface area is 135 Å². The van der Waals surface area contributed by atoms with Crippen molar-refractivity contribution in [1.29, 1.82) is 0 Å². The molecule has 1 heterocycles. The molecule has 0 amide bonds. The van der Waals surface area contributed by atoms with Crippen molar-refractivity contribution in [3.8, 4) is 0 Å². The number of hydrogen-bond donors (Lipinski definition) is 1. The highest BCUT2D eigenvalue weighted by molar-refractivity contribution is 7.15. The average Bonchev–Trinajstić information content (AvgIpc) is 2.79. The van der Waals surface area contributed by atoms with E-state index in [9.17, 15) is 0 Å². The van der Waals surface area contributed by atoms with E-state index in [2.05, 4.69) is 51.8 Å². The van der Waals surface area contributed by atoms with Crippen LogP contribution in [0.3, 0.4) is 0 Å². The molecular weight excluding hydrogens is 278 g/mol. The molecule has 0 aliphatic rings. The first-order valence-electron chi connectivity index (χ1n) is 8.45. The molecule has 0 radical (unpaired) electrons. The Kier molecular flexibility index (Phi) is 8.27. The molecule has 1 N–H and O–H groups in total. The maximum atomic E-state index is 4.96. The lowest BCUT2D eigenvalue weighted by atomic mass is 10.2. The lowest BCUT2D eigenvalue weighted by Gasteiger charge is -2.27. The van der Waals surface area contributed by atoms with E-state index in [4.69, 9.17) is 4.98 Å². The van der Waals surface area contributed by atoms with Gasteiger partial charge in [-0.25, -0.2) is 4.98 Å². The molecule has 0 aromatic carbocycles. The van der Waals surface area contributed by atoms with Gasteiger partial charge < -0.3 is 10.2 Å². The number of hydrogen-bond acceptors (Lipinski definition) is 4. The molecule has 1 aromatic heterocycles. The zero-order chi connectivity index (χ0) is 15.8. The van der Waals surface area contributed by atoms with Crippen molar-refractivity contribution in [2.45, 2.75) is 73.4 Å². The number of aryl methyl sites for hydroxylation is 1. The van der Waals surface area contributed by atoms with Crippen molar-refractivity contribution in [2.75, 3.05) is 18.0 Å². The molecule has 0 fully saturated rings. The number of anilines is 1. The van der Waals surface area contributed by atoms with Gasteiger partial charge in [-0.05, 0) is 39.2 Å². The zero-order valence-corrected chi connectivity index (χ0v) is 15.5. The topological polar surface area (TPSA) is 28.2 Å². The SMILES string of the molecule is CCCNCc1sc(N(CC(C)C)C(C)C)nc1CCC. The Balaban J connectivity index is 2.91. The second-order valence-corrected chi connectivity index (χ2v) is 7.50. The van der Waals surface area contributed by atoms with E-state index < -0.39 is 0 Å². The van der Waals surface area contributed by atoms with Crippen LogP contribution in [0.5, 0.6) is 0 Å². The Morgan fingerprint density at radius 1 is 1.14 bits per heavy atom. The van der Waals surface area contributed by atoms with Crippen LogP contribution in [-0.4, -0.2) is 24.1 Å². The van der Waals surface area contributed by atoms with Crippen LogP contribution in [0, 0.1) is 5.92 Å². The van der Waals surface area contributed by atoms with Gasteiger partial charge in [0.1, 0.15) is 0 Å². The number of nitrogens with one attached hydrogen (secondary N) is 1. The van der Waals surface area contributed by atoms with E-state index >= 15 is 0 Å². The highest BCUT2D eigenvalue weighted by Gasteiger charge is 2.18. The zero-order valence-electron chi connectivity index (χ0n) is 14.7. The summed E-state index contributed by atoms with van der Waals surface area (Å²) < 4.78 is 0. The molecule has 0 aliphatic carbocycles. The van der Waals surface area contributed by atoms with E-state index in [1.807, 2.05) is 11.3 Å². The van der Waals surface area contributed by atoms with Crippen molar-refractivity contribution in [1.82, 2.24) is 10.3 Å². The van der Waals surface area contributed by atoms with Gasteiger partial charge in [0, 0.05) is 24.0 Å². The predicted molar refractivity (Wildman–Crippen MR) is 95.4 cm³/mol. The van der Waals surface area contributed by atoms with Gasteiger partial charge in [0.25, 0.3) is 0 Å². The molecule has 1 rings (SSSR count). The van der Waals surface area contributed by atoms with Crippen molar-refractivity contribution in [3.05, 3.63) is 10.6 Å². The molecule has 21 heavy (non-hydrogen) atoms. The van der Waals surface area contributed by atoms with Crippen molar-refractivity contribution in [3.63, 3.8) is 0 Å². The first-order chi connectivity index (χ1) is 9.99. The molecule has 0 unspecified atom stereocenters. The molecule has 3 nitrogen and oxygen atoms in total. The summed E-state index contributed by atoms with van der Waals surface area (Å²) in [4.78, 5) is 8.84. The van der Waals surface area contributed by atoms with E-state index in [-0.39, 0.29) is 0 Å². The fourth-order valence-electron chi connectivity index (χ4n) is 2.34. The smallest absolute Gasteiger partial charge is 0.186 e. The van der Waals surface area contributed by atoms with E-state index in [1.165, 1.54) is 22.1 Å². The second kappa shape index (κ2) is 9.42. The molecule has 122 valence electrons. The summed E-state index contributed by atoms with van der Waals surface area (Å²) in [6, 6.07) is 0.504. The standard InChI is InChI=1S/C17H33N3S/c1-7-9-15-16(11-18-10-8-2)21-17(19-15)20(14(5)6)12-13(3)4/h13-14,18H,7-12H2,1-6H3. The molecule has 1 aromatic rings. The monoisotopic (exact) mass is 311 g/mol. The van der Waals surface area contributed by atoms with Crippen LogP contribution in [0.2, 0.25) is 0 Å². The lowest BCUT2D eigenvalue weighted by Crippen LogP contribution is -2.34. The van der Waals surface area contributed by atoms with Crippen molar-refractivity contribution >= 4 is 16.5 Å². The Hall–Kier alpha value is -0.610. The number of nitrogens with zero attached hydrogens (tertiary/aromatic N) is 2. The molecule has 0 bridgehead atoms. The Morgan fingerprint density at radius 2 is 1.86 bits per heavy atom. The molecule has 0 saturated carbocycles. The molecule has 0 atom stereocenters. The van der Waals surface area contributed by atoms with E-state index in [0.29, 0.717) is 12.0 Å². The molecule has 0 spiro atoms. The first kappa shape index (κ1) is 18.4. The summed E-state index contributed by atoms with van der Waals surface area (Å²) in [7, 11) is 0. The molecule has 0 saturated heterocycles. The minimum atomic E-state index is 0.504. The maximum Gasteiger partial charge on any atom is 0.186 e. The normalized spacial score (nSPS) is 11.6. The lowest BCUT2D eigenvalue weighted by molar-refractivity contribution is 0.569. The molecular formula is C17H33N3S.